The van der Waals surface area contributed by atoms with Crippen LogP contribution in [0.3, 0.4) is 0 Å². The number of nitrogens with two attached hydrogens (primary N) is 1. The highest BCUT2D eigenvalue weighted by Crippen LogP contribution is 2.21. The van der Waals surface area contributed by atoms with Gasteiger partial charge in [0.05, 0.1) is 5.69 Å². The van der Waals surface area contributed by atoms with Gasteiger partial charge in [0.25, 0.3) is 5.91 Å². The average molecular weight is 345 g/mol. The SMILES string of the molecule is Nc1cc(C(=O)Nc2cc(Br)ccc2F)cc(Cl)n1. The molecule has 1 aromatic heterocycles. The number of anilines is 2. The van der Waals surface area contributed by atoms with Gasteiger partial charge in [0.1, 0.15) is 16.8 Å². The number of amides is 1. The van der Waals surface area contributed by atoms with Gasteiger partial charge >= 0.3 is 0 Å². The highest BCUT2D eigenvalue weighted by molar-refractivity contribution is 9.10. The van der Waals surface area contributed by atoms with Crippen LogP contribution in [0.5, 0.6) is 0 Å². The molecular formula is C12H8BrClFN3O. The van der Waals surface area contributed by atoms with Gasteiger partial charge in [0, 0.05) is 10.0 Å². The number of hydrogen-bond acceptors (Lipinski definition) is 3. The van der Waals surface area contributed by atoms with E-state index in [4.69, 9.17) is 17.3 Å². The van der Waals surface area contributed by atoms with Gasteiger partial charge in [0.15, 0.2) is 0 Å². The molecule has 0 aliphatic heterocycles. The molecule has 4 nitrogen and oxygen atoms in total. The third-order valence-corrected chi connectivity index (χ3v) is 2.94. The molecule has 1 aromatic carbocycles. The summed E-state index contributed by atoms with van der Waals surface area (Å²) >= 11 is 8.90. The van der Waals surface area contributed by atoms with Gasteiger partial charge in [-0.05, 0) is 30.3 Å². The molecule has 0 atom stereocenters. The Labute approximate surface area is 121 Å². The van der Waals surface area contributed by atoms with Crippen molar-refractivity contribution >= 4 is 44.9 Å². The minimum atomic E-state index is -0.537. The van der Waals surface area contributed by atoms with E-state index in [9.17, 15) is 9.18 Å². The number of halogens is 3. The lowest BCUT2D eigenvalue weighted by Crippen LogP contribution is -2.13. The molecule has 0 fully saturated rings. The molecule has 98 valence electrons. The smallest absolute Gasteiger partial charge is 0.255 e. The highest BCUT2D eigenvalue weighted by atomic mass is 79.9. The van der Waals surface area contributed by atoms with Crippen molar-refractivity contribution in [2.75, 3.05) is 11.1 Å². The summed E-state index contributed by atoms with van der Waals surface area (Å²) in [5.41, 5.74) is 5.75. The molecule has 19 heavy (non-hydrogen) atoms. The first kappa shape index (κ1) is 13.8. The van der Waals surface area contributed by atoms with Crippen molar-refractivity contribution in [1.82, 2.24) is 4.98 Å². The van der Waals surface area contributed by atoms with Crippen LogP contribution in [0.2, 0.25) is 5.15 Å². The first-order valence-corrected chi connectivity index (χ1v) is 6.32. The van der Waals surface area contributed by atoms with Crippen LogP contribution in [0, 0.1) is 5.82 Å². The number of carbonyl (C=O) groups excluding carboxylic acids is 1. The lowest BCUT2D eigenvalue weighted by atomic mass is 10.2. The van der Waals surface area contributed by atoms with Gasteiger partial charge < -0.3 is 11.1 Å². The zero-order valence-electron chi connectivity index (χ0n) is 9.45. The van der Waals surface area contributed by atoms with Gasteiger partial charge in [-0.15, -0.1) is 0 Å². The van der Waals surface area contributed by atoms with Crippen molar-refractivity contribution in [2.24, 2.45) is 0 Å². The van der Waals surface area contributed by atoms with Crippen molar-refractivity contribution in [3.05, 3.63) is 51.3 Å². The molecule has 1 heterocycles. The number of nitrogens with one attached hydrogen (secondary N) is 1. The number of pyridine rings is 1. The monoisotopic (exact) mass is 343 g/mol. The maximum Gasteiger partial charge on any atom is 0.255 e. The standard InChI is InChI=1S/C12H8BrClFN3O/c13-7-1-2-8(15)9(5-7)17-12(19)6-3-10(14)18-11(16)4-6/h1-5H,(H2,16,18)(H,17,19). The summed E-state index contributed by atoms with van der Waals surface area (Å²) < 4.78 is 14.2. The maximum atomic E-state index is 13.5. The Balaban J connectivity index is 2.28. The van der Waals surface area contributed by atoms with Crippen LogP contribution in [0.4, 0.5) is 15.9 Å². The largest absolute Gasteiger partial charge is 0.384 e. The lowest BCUT2D eigenvalue weighted by Gasteiger charge is -2.07. The molecule has 7 heteroatoms. The fourth-order valence-electron chi connectivity index (χ4n) is 1.44. The summed E-state index contributed by atoms with van der Waals surface area (Å²) in [5.74, 6) is -0.940. The third kappa shape index (κ3) is 3.42. The number of hydrogen-bond donors (Lipinski definition) is 2. The molecule has 0 aliphatic carbocycles. The minimum absolute atomic E-state index is 0.0610. The minimum Gasteiger partial charge on any atom is -0.384 e. The maximum absolute atomic E-state index is 13.5. The lowest BCUT2D eigenvalue weighted by molar-refractivity contribution is 0.102. The van der Waals surface area contributed by atoms with Crippen LogP contribution in [0.1, 0.15) is 10.4 Å². The molecule has 3 N–H and O–H groups in total. The van der Waals surface area contributed by atoms with Crippen molar-refractivity contribution in [3.8, 4) is 0 Å². The Morgan fingerprint density at radius 1 is 1.37 bits per heavy atom. The molecule has 0 saturated heterocycles. The Morgan fingerprint density at radius 2 is 2.11 bits per heavy atom. The summed E-state index contributed by atoms with van der Waals surface area (Å²) in [7, 11) is 0. The van der Waals surface area contributed by atoms with E-state index in [1.165, 1.54) is 30.3 Å². The van der Waals surface area contributed by atoms with E-state index in [1.54, 1.807) is 0 Å². The zero-order chi connectivity index (χ0) is 14.0. The number of nitrogens with zero attached hydrogens (tertiary/aromatic N) is 1. The van der Waals surface area contributed by atoms with Gasteiger partial charge in [-0.1, -0.05) is 27.5 Å². The second kappa shape index (κ2) is 5.54. The van der Waals surface area contributed by atoms with Crippen molar-refractivity contribution in [3.63, 3.8) is 0 Å². The quantitative estimate of drug-likeness (QED) is 0.820. The van der Waals surface area contributed by atoms with E-state index in [-0.39, 0.29) is 22.2 Å². The number of nitrogen functional groups attached to an aromatic ring is 1. The van der Waals surface area contributed by atoms with E-state index >= 15 is 0 Å². The van der Waals surface area contributed by atoms with Crippen LogP contribution >= 0.6 is 27.5 Å². The van der Waals surface area contributed by atoms with Crippen LogP contribution < -0.4 is 11.1 Å². The fraction of sp³-hybridized carbons (Fsp3) is 0. The summed E-state index contributed by atoms with van der Waals surface area (Å²) in [6.45, 7) is 0. The third-order valence-electron chi connectivity index (χ3n) is 2.25. The number of benzene rings is 1. The number of carbonyl (C=O) groups is 1. The Morgan fingerprint density at radius 3 is 2.79 bits per heavy atom. The summed E-state index contributed by atoms with van der Waals surface area (Å²) in [6, 6.07) is 6.94. The number of aromatic nitrogens is 1. The summed E-state index contributed by atoms with van der Waals surface area (Å²) in [4.78, 5) is 15.7. The molecular weight excluding hydrogens is 337 g/mol. The van der Waals surface area contributed by atoms with E-state index in [0.29, 0.717) is 4.47 Å². The molecule has 0 saturated carbocycles. The van der Waals surface area contributed by atoms with E-state index in [0.717, 1.165) is 0 Å². The van der Waals surface area contributed by atoms with Crippen molar-refractivity contribution in [1.29, 1.82) is 0 Å². The van der Waals surface area contributed by atoms with Gasteiger partial charge in [-0.2, -0.15) is 0 Å². The molecule has 0 unspecified atom stereocenters. The molecule has 0 spiro atoms. The summed E-state index contributed by atoms with van der Waals surface area (Å²) in [5, 5.41) is 2.53. The van der Waals surface area contributed by atoms with Crippen molar-refractivity contribution < 1.29 is 9.18 Å². The Kier molecular flexibility index (Phi) is 4.01. The predicted octanol–water partition coefficient (Wildman–Crippen LogP) is 3.47. The van der Waals surface area contributed by atoms with Gasteiger partial charge in [-0.3, -0.25) is 4.79 Å². The molecule has 0 aliphatic rings. The second-order valence-electron chi connectivity index (χ2n) is 3.68. The normalized spacial score (nSPS) is 10.3. The topological polar surface area (TPSA) is 68.0 Å². The summed E-state index contributed by atoms with van der Waals surface area (Å²) in [6.07, 6.45) is 0. The van der Waals surface area contributed by atoms with Crippen LogP contribution in [0.15, 0.2) is 34.8 Å². The fourth-order valence-corrected chi connectivity index (χ4v) is 2.01. The first-order valence-electron chi connectivity index (χ1n) is 5.15. The van der Waals surface area contributed by atoms with Gasteiger partial charge in [-0.25, -0.2) is 9.37 Å². The van der Waals surface area contributed by atoms with Crippen molar-refractivity contribution in [2.45, 2.75) is 0 Å². The zero-order valence-corrected chi connectivity index (χ0v) is 11.8. The number of rotatable bonds is 2. The molecule has 2 aromatic rings. The molecule has 2 rings (SSSR count). The highest BCUT2D eigenvalue weighted by Gasteiger charge is 2.11. The average Bonchev–Trinajstić information content (AvgIpc) is 2.32. The Hall–Kier alpha value is -1.66. The molecule has 0 radical (unpaired) electrons. The van der Waals surface area contributed by atoms with Crippen LogP contribution in [-0.2, 0) is 0 Å². The predicted molar refractivity (Wildman–Crippen MR) is 75.7 cm³/mol. The first-order chi connectivity index (χ1) is 8.95. The van der Waals surface area contributed by atoms with E-state index in [1.807, 2.05) is 0 Å². The van der Waals surface area contributed by atoms with Crippen LogP contribution in [-0.4, -0.2) is 10.9 Å². The Bertz CT molecular complexity index is 631. The second-order valence-corrected chi connectivity index (χ2v) is 4.98. The van der Waals surface area contributed by atoms with E-state index < -0.39 is 11.7 Å². The molecule has 1 amide bonds. The van der Waals surface area contributed by atoms with E-state index in [2.05, 4.69) is 26.2 Å². The van der Waals surface area contributed by atoms with Gasteiger partial charge in [0.2, 0.25) is 0 Å². The van der Waals surface area contributed by atoms with Crippen LogP contribution in [0.25, 0.3) is 0 Å². The molecule has 0 bridgehead atoms.